The zero-order valence-corrected chi connectivity index (χ0v) is 10.3. The van der Waals surface area contributed by atoms with Crippen LogP contribution in [-0.4, -0.2) is 31.6 Å². The van der Waals surface area contributed by atoms with Crippen LogP contribution in [0.4, 0.5) is 0 Å². The molecule has 0 aromatic carbocycles. The Morgan fingerprint density at radius 2 is 1.94 bits per heavy atom. The highest BCUT2D eigenvalue weighted by molar-refractivity contribution is 5.38. The van der Waals surface area contributed by atoms with Gasteiger partial charge in [-0.05, 0) is 31.0 Å². The van der Waals surface area contributed by atoms with Gasteiger partial charge in [0.15, 0.2) is 0 Å². The van der Waals surface area contributed by atoms with E-state index in [1.54, 1.807) is 0 Å². The topological polar surface area (TPSA) is 12.5 Å². The summed E-state index contributed by atoms with van der Waals surface area (Å²) in [4.78, 5) is 2.44. The average molecular weight is 229 g/mol. The number of rotatable bonds is 0. The van der Waals surface area contributed by atoms with Crippen molar-refractivity contribution in [3.63, 3.8) is 0 Å². The Morgan fingerprint density at radius 3 is 2.82 bits per heavy atom. The van der Waals surface area contributed by atoms with Crippen LogP contribution in [0.25, 0.3) is 0 Å². The molecule has 0 bridgehead atoms. The van der Waals surface area contributed by atoms with E-state index in [2.05, 4.69) is 42.3 Å². The molecular formula is C15H19NO. The first-order valence-corrected chi connectivity index (χ1v) is 6.41. The molecule has 0 radical (unpaired) electrons. The van der Waals surface area contributed by atoms with Gasteiger partial charge in [-0.1, -0.05) is 30.4 Å². The second-order valence-electron chi connectivity index (χ2n) is 5.15. The average Bonchev–Trinajstić information content (AvgIpc) is 2.56. The third-order valence-corrected chi connectivity index (χ3v) is 3.91. The fraction of sp³-hybridized carbons (Fsp3) is 0.467. The van der Waals surface area contributed by atoms with Gasteiger partial charge in [0.2, 0.25) is 0 Å². The van der Waals surface area contributed by atoms with Crippen LogP contribution in [0.2, 0.25) is 0 Å². The highest BCUT2D eigenvalue weighted by Gasteiger charge is 2.35. The van der Waals surface area contributed by atoms with Crippen LogP contribution in [0.5, 0.6) is 0 Å². The second kappa shape index (κ2) is 4.53. The minimum Gasteiger partial charge on any atom is -0.493 e. The van der Waals surface area contributed by atoms with Crippen molar-refractivity contribution >= 4 is 0 Å². The second-order valence-corrected chi connectivity index (χ2v) is 5.15. The van der Waals surface area contributed by atoms with Gasteiger partial charge in [-0.25, -0.2) is 0 Å². The molecule has 0 N–H and O–H groups in total. The van der Waals surface area contributed by atoms with Gasteiger partial charge in [-0.15, -0.1) is 0 Å². The van der Waals surface area contributed by atoms with Gasteiger partial charge in [0.05, 0.1) is 6.61 Å². The molecule has 0 spiro atoms. The molecule has 0 aromatic heterocycles. The molecule has 2 aliphatic heterocycles. The summed E-state index contributed by atoms with van der Waals surface area (Å²) in [5.74, 6) is 2.48. The van der Waals surface area contributed by atoms with Crippen molar-refractivity contribution in [1.29, 1.82) is 0 Å². The minimum absolute atomic E-state index is 0.643. The molecule has 2 atom stereocenters. The lowest BCUT2D eigenvalue weighted by Gasteiger charge is -2.16. The van der Waals surface area contributed by atoms with E-state index < -0.39 is 0 Å². The number of nitrogens with zero attached hydrogens (tertiary/aromatic N) is 1. The van der Waals surface area contributed by atoms with Crippen molar-refractivity contribution < 1.29 is 4.74 Å². The van der Waals surface area contributed by atoms with Crippen molar-refractivity contribution in [1.82, 2.24) is 4.90 Å². The smallest absolute Gasteiger partial charge is 0.122 e. The predicted molar refractivity (Wildman–Crippen MR) is 69.5 cm³/mol. The van der Waals surface area contributed by atoms with E-state index in [-0.39, 0.29) is 0 Å². The molecule has 0 aromatic rings. The van der Waals surface area contributed by atoms with E-state index in [0.29, 0.717) is 5.92 Å². The van der Waals surface area contributed by atoms with Crippen molar-refractivity contribution in [2.24, 2.45) is 11.8 Å². The van der Waals surface area contributed by atoms with Crippen molar-refractivity contribution in [2.75, 3.05) is 26.7 Å². The van der Waals surface area contributed by atoms with Gasteiger partial charge in [0, 0.05) is 19.0 Å². The maximum atomic E-state index is 5.90. The monoisotopic (exact) mass is 229 g/mol. The highest BCUT2D eigenvalue weighted by Crippen LogP contribution is 2.36. The zero-order chi connectivity index (χ0) is 11.7. The fourth-order valence-corrected chi connectivity index (χ4v) is 3.10. The molecule has 1 aliphatic carbocycles. The van der Waals surface area contributed by atoms with Crippen molar-refractivity contribution in [3.05, 3.63) is 47.8 Å². The summed E-state index contributed by atoms with van der Waals surface area (Å²) < 4.78 is 5.90. The van der Waals surface area contributed by atoms with Gasteiger partial charge in [0.25, 0.3) is 0 Å². The van der Waals surface area contributed by atoms with Crippen LogP contribution in [0, 0.1) is 11.8 Å². The molecule has 0 saturated carbocycles. The Balaban J connectivity index is 1.98. The van der Waals surface area contributed by atoms with Gasteiger partial charge in [0.1, 0.15) is 5.76 Å². The van der Waals surface area contributed by atoms with E-state index in [1.807, 2.05) is 6.08 Å². The van der Waals surface area contributed by atoms with E-state index in [1.165, 1.54) is 18.5 Å². The molecule has 1 saturated heterocycles. The van der Waals surface area contributed by atoms with Crippen molar-refractivity contribution in [3.8, 4) is 0 Å². The largest absolute Gasteiger partial charge is 0.493 e. The molecule has 2 nitrogen and oxygen atoms in total. The summed E-state index contributed by atoms with van der Waals surface area (Å²) in [5, 5.41) is 0. The normalized spacial score (nSPS) is 32.5. The first-order chi connectivity index (χ1) is 8.34. The number of hydrogen-bond donors (Lipinski definition) is 0. The van der Waals surface area contributed by atoms with Gasteiger partial charge in [-0.3, -0.25) is 0 Å². The molecule has 17 heavy (non-hydrogen) atoms. The van der Waals surface area contributed by atoms with Crippen LogP contribution >= 0.6 is 0 Å². The van der Waals surface area contributed by atoms with Crippen molar-refractivity contribution in [2.45, 2.75) is 6.42 Å². The Morgan fingerprint density at radius 1 is 1.12 bits per heavy atom. The van der Waals surface area contributed by atoms with Gasteiger partial charge >= 0.3 is 0 Å². The molecule has 2 unspecified atom stereocenters. The Labute approximate surface area is 103 Å². The van der Waals surface area contributed by atoms with Crippen LogP contribution in [0.15, 0.2) is 47.8 Å². The number of hydrogen-bond acceptors (Lipinski definition) is 2. The summed E-state index contributed by atoms with van der Waals surface area (Å²) in [6, 6.07) is 0. The van der Waals surface area contributed by atoms with Crippen LogP contribution < -0.4 is 0 Å². The molecule has 1 fully saturated rings. The maximum Gasteiger partial charge on any atom is 0.122 e. The summed E-state index contributed by atoms with van der Waals surface area (Å²) in [7, 11) is 2.22. The highest BCUT2D eigenvalue weighted by atomic mass is 16.5. The Kier molecular flexibility index (Phi) is 2.89. The van der Waals surface area contributed by atoms with Gasteiger partial charge < -0.3 is 9.64 Å². The zero-order valence-electron chi connectivity index (χ0n) is 10.3. The summed E-state index contributed by atoms with van der Waals surface area (Å²) in [6.45, 7) is 3.22. The first-order valence-electron chi connectivity index (χ1n) is 6.41. The number of ether oxygens (including phenoxy) is 1. The van der Waals surface area contributed by atoms with Crippen LogP contribution in [0.1, 0.15) is 6.42 Å². The van der Waals surface area contributed by atoms with E-state index in [9.17, 15) is 0 Å². The van der Waals surface area contributed by atoms with E-state index in [4.69, 9.17) is 4.74 Å². The molecule has 90 valence electrons. The van der Waals surface area contributed by atoms with E-state index >= 15 is 0 Å². The summed E-state index contributed by atoms with van der Waals surface area (Å²) in [6.07, 6.45) is 13.8. The van der Waals surface area contributed by atoms with Crippen LogP contribution in [-0.2, 0) is 4.74 Å². The third kappa shape index (κ3) is 2.09. The SMILES string of the molecule is CN1CC2CCOC3=C(C=CC=CC=C3)C2C1. The molecular weight excluding hydrogens is 210 g/mol. The molecule has 0 amide bonds. The number of allylic oxidation sites excluding steroid dienone is 6. The lowest BCUT2D eigenvalue weighted by Crippen LogP contribution is -2.15. The summed E-state index contributed by atoms with van der Waals surface area (Å²) >= 11 is 0. The van der Waals surface area contributed by atoms with Gasteiger partial charge in [-0.2, -0.15) is 0 Å². The Hall–Kier alpha value is -1.28. The standard InChI is InChI=1S/C15H19NO/c1-16-10-12-8-9-17-15-7-5-3-2-4-6-13(15)14(12)11-16/h2-7,12,14H,8-11H2,1H3. The molecule has 3 rings (SSSR count). The molecule has 2 heteroatoms. The first kappa shape index (κ1) is 10.8. The minimum atomic E-state index is 0.643. The van der Waals surface area contributed by atoms with E-state index in [0.717, 1.165) is 24.8 Å². The molecule has 3 aliphatic rings. The number of likely N-dealkylation sites (tertiary alicyclic amines) is 1. The lowest BCUT2D eigenvalue weighted by molar-refractivity contribution is 0.208. The lowest BCUT2D eigenvalue weighted by atomic mass is 9.86. The Bertz CT molecular complexity index is 417. The quantitative estimate of drug-likeness (QED) is 0.633. The molecule has 2 heterocycles. The number of fused-ring (bicyclic) bond motifs is 2. The van der Waals surface area contributed by atoms with Crippen LogP contribution in [0.3, 0.4) is 0 Å². The summed E-state index contributed by atoms with van der Waals surface area (Å²) in [5.41, 5.74) is 1.39. The maximum absolute atomic E-state index is 5.90. The predicted octanol–water partition coefficient (Wildman–Crippen LogP) is 2.52. The fourth-order valence-electron chi connectivity index (χ4n) is 3.10. The third-order valence-electron chi connectivity index (χ3n) is 3.91.